The molecule has 3 aromatic heterocycles. The summed E-state index contributed by atoms with van der Waals surface area (Å²) in [4.78, 5) is 83.0. The van der Waals surface area contributed by atoms with E-state index in [2.05, 4.69) is 32.6 Å². The average molecular weight is 1050 g/mol. The van der Waals surface area contributed by atoms with Crippen molar-refractivity contribution in [2.45, 2.75) is 122 Å². The molecule has 0 aliphatic carbocycles. The van der Waals surface area contributed by atoms with E-state index in [1.807, 2.05) is 46.7 Å². The predicted molar refractivity (Wildman–Crippen MR) is 274 cm³/mol. The maximum absolute atomic E-state index is 14.8. The molecule has 3 aliphatic heterocycles. The van der Waals surface area contributed by atoms with Crippen LogP contribution >= 0.6 is 12.6 Å². The van der Waals surface area contributed by atoms with Crippen molar-refractivity contribution in [2.24, 2.45) is 17.3 Å². The minimum absolute atomic E-state index is 0.0389. The summed E-state index contributed by atoms with van der Waals surface area (Å²) in [6, 6.07) is 5.91. The molecule has 0 spiro atoms. The molecule has 2 fully saturated rings. The molecular formula is C53H68F3N9O8S. The molecule has 5 atom stereocenters. The Balaban J connectivity index is 1.26. The van der Waals surface area contributed by atoms with Crippen LogP contribution in [0, 0.1) is 29.1 Å². The number of likely N-dealkylation sites (tertiary alicyclic amines) is 1. The number of likely N-dealkylation sites (N-methyl/N-ethyl adjacent to an activating group) is 1. The van der Waals surface area contributed by atoms with Crippen LogP contribution in [0.5, 0.6) is 0 Å². The molecule has 6 bridgehead atoms. The van der Waals surface area contributed by atoms with E-state index in [-0.39, 0.29) is 67.7 Å². The third-order valence-electron chi connectivity index (χ3n) is 14.3. The van der Waals surface area contributed by atoms with Crippen LogP contribution in [0.1, 0.15) is 91.0 Å². The fraction of sp³-hybridized carbons (Fsp3) is 0.566. The Labute approximate surface area is 435 Å². The number of hydrogen-bond acceptors (Lipinski definition) is 13. The van der Waals surface area contributed by atoms with Gasteiger partial charge in [-0.1, -0.05) is 33.6 Å². The topological polar surface area (TPSA) is 185 Å². The van der Waals surface area contributed by atoms with Gasteiger partial charge in [-0.25, -0.2) is 15.2 Å². The number of amides is 4. The van der Waals surface area contributed by atoms with E-state index in [1.54, 1.807) is 57.3 Å². The highest BCUT2D eigenvalue weighted by Gasteiger charge is 2.45. The van der Waals surface area contributed by atoms with Crippen LogP contribution in [0.15, 0.2) is 47.1 Å². The number of thiol groups is 1. The molecule has 21 heteroatoms. The first-order valence-electron chi connectivity index (χ1n) is 24.8. The van der Waals surface area contributed by atoms with Crippen LogP contribution in [-0.4, -0.2) is 147 Å². The van der Waals surface area contributed by atoms with Gasteiger partial charge in [0.05, 0.1) is 48.2 Å². The second kappa shape index (κ2) is 21.7. The second-order valence-corrected chi connectivity index (χ2v) is 22.3. The maximum Gasteiger partial charge on any atom is 0.406 e. The summed E-state index contributed by atoms with van der Waals surface area (Å²) in [6.45, 7) is 11.9. The number of aromatic nitrogens is 3. The highest BCUT2D eigenvalue weighted by molar-refractivity contribution is 7.82. The predicted octanol–water partition coefficient (Wildman–Crippen LogP) is 6.21. The van der Waals surface area contributed by atoms with Gasteiger partial charge in [0.1, 0.15) is 18.6 Å². The number of cyclic esters (lactones) is 1. The highest BCUT2D eigenvalue weighted by Crippen LogP contribution is 2.43. The van der Waals surface area contributed by atoms with Gasteiger partial charge in [0.2, 0.25) is 11.8 Å². The normalized spacial score (nSPS) is 21.5. The van der Waals surface area contributed by atoms with Gasteiger partial charge in [0.25, 0.3) is 11.8 Å². The number of carbonyl (C=O) groups is 5. The lowest BCUT2D eigenvalue weighted by atomic mass is 9.84. The zero-order valence-corrected chi connectivity index (χ0v) is 44.9. The van der Waals surface area contributed by atoms with Crippen LogP contribution in [0.25, 0.3) is 33.5 Å². The molecule has 3 aliphatic rings. The molecule has 1 unspecified atom stereocenters. The number of nitrogens with one attached hydrogen (secondary N) is 2. The summed E-state index contributed by atoms with van der Waals surface area (Å²) < 4.78 is 63.3. The van der Waals surface area contributed by atoms with E-state index >= 15 is 0 Å². The fourth-order valence-electron chi connectivity index (χ4n) is 9.76. The Bertz CT molecular complexity index is 2850. The van der Waals surface area contributed by atoms with Gasteiger partial charge in [0, 0.05) is 67.4 Å². The number of rotatable bonds is 10. The summed E-state index contributed by atoms with van der Waals surface area (Å²) in [6.07, 6.45) is -1.52. The molecule has 0 saturated carbocycles. The number of methoxy groups -OCH3 is 1. The number of hydrazine groups is 1. The lowest BCUT2D eigenvalue weighted by Gasteiger charge is -2.41. The first-order valence-corrected chi connectivity index (χ1v) is 25.3. The molecule has 0 radical (unpaired) electrons. The van der Waals surface area contributed by atoms with Gasteiger partial charge in [-0.3, -0.25) is 34.1 Å². The highest BCUT2D eigenvalue weighted by atomic mass is 32.1. The lowest BCUT2D eigenvalue weighted by molar-refractivity contribution is -0.157. The van der Waals surface area contributed by atoms with E-state index in [4.69, 9.17) is 26.5 Å². The Kier molecular flexibility index (Phi) is 16.4. The maximum atomic E-state index is 14.8. The van der Waals surface area contributed by atoms with Crippen molar-refractivity contribution in [3.8, 4) is 34.4 Å². The van der Waals surface area contributed by atoms with Crippen molar-refractivity contribution in [2.75, 3.05) is 54.5 Å². The smallest absolute Gasteiger partial charge is 0.406 e. The van der Waals surface area contributed by atoms with Crippen LogP contribution in [0.4, 0.5) is 13.2 Å². The van der Waals surface area contributed by atoms with Gasteiger partial charge in [-0.05, 0) is 108 Å². The number of pyridine rings is 1. The standard InChI is InChI=1S/C53H68F3N9O8S/c1-31(2)44(62(10)47(68)34-18-23-63(28-34)42(66)17-20-51(6,7)61(8)9)46(67)59-38-25-41-58-27-40(73-41)33-15-16-39-36(24-33)37(26-50(4,5)30-72-49(70)52(74)19-13-22-65(60-52)48(38)69)45(64(39)29-53(54,55)56)35-14-12-21-57-43(35)32(3)71-11/h12,14-16,21,24,27,31-32,34,38,44,60,74H,13,18-19,22-23,25-26,28-30H2,1-11H3,(H,59,67)/t32-,34-,38-,44?,52-/m0/s1. The van der Waals surface area contributed by atoms with Gasteiger partial charge >= 0.3 is 12.1 Å². The van der Waals surface area contributed by atoms with Gasteiger partial charge in [-0.15, -0.1) is 12.6 Å². The third-order valence-corrected chi connectivity index (χ3v) is 14.9. The first kappa shape index (κ1) is 55.8. The Morgan fingerprint density at radius 2 is 1.81 bits per heavy atom. The van der Waals surface area contributed by atoms with Crippen LogP contribution in [0.2, 0.25) is 0 Å². The van der Waals surface area contributed by atoms with Crippen molar-refractivity contribution in [3.63, 3.8) is 0 Å². The molecule has 74 heavy (non-hydrogen) atoms. The van der Waals surface area contributed by atoms with Gasteiger partial charge in [0.15, 0.2) is 16.5 Å². The molecule has 4 aromatic rings. The molecule has 17 nitrogen and oxygen atoms in total. The van der Waals surface area contributed by atoms with Gasteiger partial charge in [-0.2, -0.15) is 13.2 Å². The molecule has 6 heterocycles. The summed E-state index contributed by atoms with van der Waals surface area (Å²) in [7, 11) is 6.75. The third kappa shape index (κ3) is 12.1. The molecular weight excluding hydrogens is 980 g/mol. The van der Waals surface area contributed by atoms with Gasteiger partial charge < -0.3 is 33.6 Å². The molecule has 4 amide bonds. The largest absolute Gasteiger partial charge is 0.463 e. The number of benzene rings is 1. The van der Waals surface area contributed by atoms with Crippen LogP contribution in [0.3, 0.4) is 0 Å². The number of halogens is 3. The number of fused-ring (bicyclic) bond motifs is 6. The summed E-state index contributed by atoms with van der Waals surface area (Å²) >= 11 is 4.75. The number of hydrogen-bond donors (Lipinski definition) is 3. The van der Waals surface area contributed by atoms with Crippen molar-refractivity contribution >= 4 is 53.1 Å². The molecule has 2 saturated heterocycles. The number of esters is 1. The Hall–Kier alpha value is -5.95. The van der Waals surface area contributed by atoms with E-state index in [9.17, 15) is 37.1 Å². The zero-order valence-electron chi connectivity index (χ0n) is 44.0. The van der Waals surface area contributed by atoms with Crippen molar-refractivity contribution < 1.29 is 51.0 Å². The van der Waals surface area contributed by atoms with Crippen LogP contribution < -0.4 is 10.7 Å². The minimum atomic E-state index is -4.63. The van der Waals surface area contributed by atoms with E-state index in [1.165, 1.54) is 39.7 Å². The van der Waals surface area contributed by atoms with E-state index < -0.39 is 82.3 Å². The number of alkyl halides is 3. The number of ether oxygens (including phenoxy) is 2. The zero-order chi connectivity index (χ0) is 54.2. The SMILES string of the molecule is CO[C@@H](C)c1ncccc1-c1c2c3cc(ccc3n1CC(F)(F)F)-c1cnc(o1)C[C@H](NC(=O)C(C(C)C)N(C)C(=O)[C@H]1CCN(C(=O)C#CC(C)(C)N(C)C)C1)C(=O)N1CCC[C@@](S)(N1)C(=O)OCC(C)(C)C2. The number of oxazole rings is 1. The van der Waals surface area contributed by atoms with Crippen molar-refractivity contribution in [1.82, 2.24) is 45.0 Å². The monoisotopic (exact) mass is 1050 g/mol. The number of carbonyl (C=O) groups excluding carboxylic acids is 5. The second-order valence-electron chi connectivity index (χ2n) is 21.5. The molecule has 400 valence electrons. The van der Waals surface area contributed by atoms with E-state index in [0.29, 0.717) is 47.2 Å². The summed E-state index contributed by atoms with van der Waals surface area (Å²) in [5, 5.41) is 4.57. The Morgan fingerprint density at radius 3 is 2.49 bits per heavy atom. The quantitative estimate of drug-likeness (QED) is 0.0929. The molecule has 2 N–H and O–H groups in total. The van der Waals surface area contributed by atoms with E-state index in [0.717, 1.165) is 0 Å². The summed E-state index contributed by atoms with van der Waals surface area (Å²) in [5.41, 5.74) is 3.95. The minimum Gasteiger partial charge on any atom is -0.463 e. The van der Waals surface area contributed by atoms with Crippen molar-refractivity contribution in [3.05, 3.63) is 59.9 Å². The molecule has 1 aromatic carbocycles. The average Bonchev–Trinajstić information content (AvgIpc) is 4.09. The summed E-state index contributed by atoms with van der Waals surface area (Å²) in [5.74, 6) is 2.14. The Morgan fingerprint density at radius 1 is 1.08 bits per heavy atom. The van der Waals surface area contributed by atoms with Crippen LogP contribution in [-0.2, 0) is 52.8 Å². The lowest BCUT2D eigenvalue weighted by Crippen LogP contribution is -2.65. The fourth-order valence-corrected chi connectivity index (χ4v) is 10.1. The molecule has 7 rings (SSSR count). The number of nitrogens with zero attached hydrogens (tertiary/aromatic N) is 7. The van der Waals surface area contributed by atoms with Crippen molar-refractivity contribution in [1.29, 1.82) is 0 Å². The first-order chi connectivity index (χ1) is 34.6.